The summed E-state index contributed by atoms with van der Waals surface area (Å²) in [5.41, 5.74) is 6.83. The Morgan fingerprint density at radius 1 is 1.20 bits per heavy atom. The van der Waals surface area contributed by atoms with Crippen LogP contribution in [0.5, 0.6) is 0 Å². The molecule has 0 aliphatic carbocycles. The highest BCUT2D eigenvalue weighted by Gasteiger charge is 2.07. The molecule has 106 valence electrons. The lowest BCUT2D eigenvalue weighted by Crippen LogP contribution is -2.19. The van der Waals surface area contributed by atoms with Crippen LogP contribution in [0.25, 0.3) is 0 Å². The molecular weight excluding hydrogens is 255 g/mol. The van der Waals surface area contributed by atoms with Gasteiger partial charge in [0.15, 0.2) is 0 Å². The molecule has 1 aromatic carbocycles. The van der Waals surface area contributed by atoms with E-state index in [0.29, 0.717) is 12.4 Å². The van der Waals surface area contributed by atoms with Crippen molar-refractivity contribution in [1.82, 2.24) is 9.97 Å². The van der Waals surface area contributed by atoms with Crippen molar-refractivity contribution in [2.24, 2.45) is 0 Å². The molecule has 0 amide bonds. The summed E-state index contributed by atoms with van der Waals surface area (Å²) in [6, 6.07) is 8.20. The third-order valence-corrected chi connectivity index (χ3v) is 2.98. The van der Waals surface area contributed by atoms with E-state index in [1.54, 1.807) is 18.2 Å². The van der Waals surface area contributed by atoms with Crippen molar-refractivity contribution in [2.75, 3.05) is 17.7 Å². The Balaban J connectivity index is 2.15. The van der Waals surface area contributed by atoms with Gasteiger partial charge in [-0.15, -0.1) is 0 Å². The summed E-state index contributed by atoms with van der Waals surface area (Å²) >= 11 is 0. The van der Waals surface area contributed by atoms with Gasteiger partial charge in [-0.05, 0) is 24.1 Å². The van der Waals surface area contributed by atoms with E-state index in [4.69, 9.17) is 5.73 Å². The standard InChI is InChI=1S/C15H19FN4/c1-3-4-14-18-13(17)9-15(19-14)20(2)10-11-5-7-12(16)8-6-11/h5-9H,3-4,10H2,1-2H3,(H2,17,18,19). The molecule has 0 saturated carbocycles. The lowest BCUT2D eigenvalue weighted by atomic mass is 10.2. The number of nitrogen functional groups attached to an aromatic ring is 1. The number of rotatable bonds is 5. The second-order valence-electron chi connectivity index (χ2n) is 4.80. The minimum absolute atomic E-state index is 0.229. The minimum Gasteiger partial charge on any atom is -0.384 e. The number of hydrogen-bond acceptors (Lipinski definition) is 4. The zero-order chi connectivity index (χ0) is 14.5. The van der Waals surface area contributed by atoms with E-state index < -0.39 is 0 Å². The predicted octanol–water partition coefficient (Wildman–Crippen LogP) is 2.79. The highest BCUT2D eigenvalue weighted by atomic mass is 19.1. The summed E-state index contributed by atoms with van der Waals surface area (Å²) < 4.78 is 12.9. The number of hydrogen-bond donors (Lipinski definition) is 1. The molecule has 1 heterocycles. The van der Waals surface area contributed by atoms with Gasteiger partial charge in [-0.2, -0.15) is 0 Å². The number of halogens is 1. The number of anilines is 2. The summed E-state index contributed by atoms with van der Waals surface area (Å²) in [5.74, 6) is 1.79. The Morgan fingerprint density at radius 3 is 2.55 bits per heavy atom. The Kier molecular flexibility index (Phi) is 4.50. The van der Waals surface area contributed by atoms with E-state index >= 15 is 0 Å². The number of nitrogens with two attached hydrogens (primary N) is 1. The lowest BCUT2D eigenvalue weighted by Gasteiger charge is -2.19. The summed E-state index contributed by atoms with van der Waals surface area (Å²) in [4.78, 5) is 10.7. The molecule has 0 atom stereocenters. The van der Waals surface area contributed by atoms with Gasteiger partial charge in [-0.25, -0.2) is 14.4 Å². The maximum Gasteiger partial charge on any atom is 0.134 e. The molecule has 0 unspecified atom stereocenters. The quantitative estimate of drug-likeness (QED) is 0.911. The van der Waals surface area contributed by atoms with Crippen LogP contribution in [0.15, 0.2) is 30.3 Å². The summed E-state index contributed by atoms with van der Waals surface area (Å²) in [6.07, 6.45) is 1.78. The van der Waals surface area contributed by atoms with Crippen molar-refractivity contribution < 1.29 is 4.39 Å². The number of aryl methyl sites for hydroxylation is 1. The molecule has 0 spiro atoms. The Morgan fingerprint density at radius 2 is 1.90 bits per heavy atom. The van der Waals surface area contributed by atoms with Crippen LogP contribution in [0, 0.1) is 5.82 Å². The third-order valence-electron chi connectivity index (χ3n) is 2.98. The smallest absolute Gasteiger partial charge is 0.134 e. The van der Waals surface area contributed by atoms with Crippen molar-refractivity contribution >= 4 is 11.6 Å². The topological polar surface area (TPSA) is 55.0 Å². The molecule has 0 aliphatic heterocycles. The monoisotopic (exact) mass is 274 g/mol. The normalized spacial score (nSPS) is 10.6. The fourth-order valence-electron chi connectivity index (χ4n) is 1.98. The van der Waals surface area contributed by atoms with E-state index in [1.807, 2.05) is 11.9 Å². The minimum atomic E-state index is -0.229. The van der Waals surface area contributed by atoms with Crippen LogP contribution in [-0.2, 0) is 13.0 Å². The molecule has 0 radical (unpaired) electrons. The molecule has 2 N–H and O–H groups in total. The first kappa shape index (κ1) is 14.2. The van der Waals surface area contributed by atoms with E-state index in [1.165, 1.54) is 12.1 Å². The van der Waals surface area contributed by atoms with Crippen molar-refractivity contribution in [2.45, 2.75) is 26.3 Å². The molecule has 2 rings (SSSR count). The van der Waals surface area contributed by atoms with Crippen molar-refractivity contribution in [1.29, 1.82) is 0 Å². The van der Waals surface area contributed by atoms with Gasteiger partial charge in [0.05, 0.1) is 0 Å². The Labute approximate surface area is 118 Å². The van der Waals surface area contributed by atoms with Gasteiger partial charge in [0.2, 0.25) is 0 Å². The van der Waals surface area contributed by atoms with Crippen LogP contribution in [0.2, 0.25) is 0 Å². The SMILES string of the molecule is CCCc1nc(N)cc(N(C)Cc2ccc(F)cc2)n1. The van der Waals surface area contributed by atoms with Crippen LogP contribution in [0.3, 0.4) is 0 Å². The second kappa shape index (κ2) is 6.32. The molecule has 0 bridgehead atoms. The van der Waals surface area contributed by atoms with Gasteiger partial charge in [0.25, 0.3) is 0 Å². The van der Waals surface area contributed by atoms with E-state index in [2.05, 4.69) is 16.9 Å². The zero-order valence-corrected chi connectivity index (χ0v) is 11.8. The zero-order valence-electron chi connectivity index (χ0n) is 11.8. The van der Waals surface area contributed by atoms with Gasteiger partial charge in [-0.1, -0.05) is 19.1 Å². The third kappa shape index (κ3) is 3.66. The molecule has 4 nitrogen and oxygen atoms in total. The first-order valence-corrected chi connectivity index (χ1v) is 6.67. The lowest BCUT2D eigenvalue weighted by molar-refractivity contribution is 0.627. The molecule has 0 aliphatic rings. The fraction of sp³-hybridized carbons (Fsp3) is 0.333. The Bertz CT molecular complexity index is 569. The van der Waals surface area contributed by atoms with Crippen LogP contribution in [0.4, 0.5) is 16.0 Å². The first-order chi connectivity index (χ1) is 9.58. The number of nitrogens with zero attached hydrogens (tertiary/aromatic N) is 3. The highest BCUT2D eigenvalue weighted by molar-refractivity contribution is 5.47. The van der Waals surface area contributed by atoms with E-state index in [-0.39, 0.29) is 5.82 Å². The maximum absolute atomic E-state index is 12.9. The van der Waals surface area contributed by atoms with Gasteiger partial charge >= 0.3 is 0 Å². The van der Waals surface area contributed by atoms with Crippen molar-refractivity contribution in [3.8, 4) is 0 Å². The van der Waals surface area contributed by atoms with Gasteiger partial charge in [0.1, 0.15) is 23.3 Å². The van der Waals surface area contributed by atoms with Crippen molar-refractivity contribution in [3.63, 3.8) is 0 Å². The van der Waals surface area contributed by atoms with Crippen LogP contribution >= 0.6 is 0 Å². The van der Waals surface area contributed by atoms with Gasteiger partial charge in [0, 0.05) is 26.1 Å². The fourth-order valence-corrected chi connectivity index (χ4v) is 1.98. The number of benzene rings is 1. The molecule has 20 heavy (non-hydrogen) atoms. The Hall–Kier alpha value is -2.17. The van der Waals surface area contributed by atoms with Crippen LogP contribution in [0.1, 0.15) is 24.7 Å². The molecular formula is C15H19FN4. The van der Waals surface area contributed by atoms with Gasteiger partial charge in [-0.3, -0.25) is 0 Å². The maximum atomic E-state index is 12.9. The largest absolute Gasteiger partial charge is 0.384 e. The molecule has 5 heteroatoms. The van der Waals surface area contributed by atoms with Crippen LogP contribution in [-0.4, -0.2) is 17.0 Å². The van der Waals surface area contributed by atoms with E-state index in [9.17, 15) is 4.39 Å². The molecule has 0 saturated heterocycles. The van der Waals surface area contributed by atoms with Crippen molar-refractivity contribution in [3.05, 3.63) is 47.5 Å². The number of aromatic nitrogens is 2. The summed E-state index contributed by atoms with van der Waals surface area (Å²) in [6.45, 7) is 2.72. The molecule has 1 aromatic heterocycles. The first-order valence-electron chi connectivity index (χ1n) is 6.67. The summed E-state index contributed by atoms with van der Waals surface area (Å²) in [5, 5.41) is 0. The highest BCUT2D eigenvalue weighted by Crippen LogP contribution is 2.16. The molecule has 0 fully saturated rings. The van der Waals surface area contributed by atoms with Gasteiger partial charge < -0.3 is 10.6 Å². The van der Waals surface area contributed by atoms with E-state index in [0.717, 1.165) is 30.0 Å². The van der Waals surface area contributed by atoms with Crippen LogP contribution < -0.4 is 10.6 Å². The summed E-state index contributed by atoms with van der Waals surface area (Å²) in [7, 11) is 1.93. The second-order valence-corrected chi connectivity index (χ2v) is 4.80. The average Bonchev–Trinajstić information content (AvgIpc) is 2.41. The average molecular weight is 274 g/mol. The molecule has 2 aromatic rings. The predicted molar refractivity (Wildman–Crippen MR) is 78.9 cm³/mol.